The first-order valence-corrected chi connectivity index (χ1v) is 13.2. The Morgan fingerprint density at radius 2 is 1.92 bits per heavy atom. The van der Waals surface area contributed by atoms with Crippen LogP contribution in [0.4, 0.5) is 19.0 Å². The zero-order valence-corrected chi connectivity index (χ0v) is 24.0. The zero-order chi connectivity index (χ0) is 27.8. The van der Waals surface area contributed by atoms with Gasteiger partial charge >= 0.3 is 5.92 Å². The fourth-order valence-electron chi connectivity index (χ4n) is 4.42. The van der Waals surface area contributed by atoms with Crippen molar-refractivity contribution < 1.29 is 30.8 Å². The molecule has 3 aromatic rings. The largest absolute Gasteiger partial charge is 0.493 e. The fourth-order valence-corrected chi connectivity index (χ4v) is 5.09. The molecule has 1 heterocycles. The highest BCUT2D eigenvalue weighted by Crippen LogP contribution is 2.42. The first-order chi connectivity index (χ1) is 17.9. The van der Waals surface area contributed by atoms with Crippen molar-refractivity contribution in [3.63, 3.8) is 0 Å². The van der Waals surface area contributed by atoms with Gasteiger partial charge in [0, 0.05) is 22.9 Å². The Morgan fingerprint density at radius 3 is 2.53 bits per heavy atom. The van der Waals surface area contributed by atoms with E-state index in [9.17, 15) is 13.9 Å². The molecule has 4 rings (SSSR count). The van der Waals surface area contributed by atoms with Crippen molar-refractivity contribution in [1.29, 1.82) is 0 Å². The maximum Gasteiger partial charge on any atom is 0.303 e. The second-order valence-electron chi connectivity index (χ2n) is 10.1. The molecule has 1 aromatic heterocycles. The van der Waals surface area contributed by atoms with E-state index in [2.05, 4.69) is 15.3 Å². The van der Waals surface area contributed by atoms with E-state index >= 15 is 4.39 Å². The number of halogens is 4. The summed E-state index contributed by atoms with van der Waals surface area (Å²) in [6, 6.07) is 6.52. The Labute approximate surface area is 233 Å². The van der Waals surface area contributed by atoms with E-state index in [-0.39, 0.29) is 17.6 Å². The Hall–Kier alpha value is -2.38. The van der Waals surface area contributed by atoms with Crippen molar-refractivity contribution in [3.8, 4) is 11.5 Å². The van der Waals surface area contributed by atoms with Gasteiger partial charge in [-0.25, -0.2) is 14.4 Å². The molecular formula is C27H31F3IN3O4. The van der Waals surface area contributed by atoms with Gasteiger partial charge in [-0.3, -0.25) is 0 Å². The van der Waals surface area contributed by atoms with Crippen molar-refractivity contribution in [1.82, 2.24) is 9.97 Å². The van der Waals surface area contributed by atoms with E-state index in [0.717, 1.165) is 32.8 Å². The molecule has 1 aliphatic rings. The number of anilines is 1. The molecule has 11 heteroatoms. The maximum absolute atomic E-state index is 15.4. The number of benzene rings is 2. The van der Waals surface area contributed by atoms with Crippen LogP contribution in [-0.2, 0) is 8.99 Å². The van der Waals surface area contributed by atoms with Crippen molar-refractivity contribution in [2.45, 2.75) is 64.2 Å². The minimum atomic E-state index is -3.80. The summed E-state index contributed by atoms with van der Waals surface area (Å²) >= 11 is 1.91. The number of aromatic nitrogens is 2. The highest BCUT2D eigenvalue weighted by molar-refractivity contribution is 14.1. The lowest BCUT2D eigenvalue weighted by Crippen LogP contribution is -2.41. The summed E-state index contributed by atoms with van der Waals surface area (Å²) in [6.07, 6.45) is 2.15. The van der Waals surface area contributed by atoms with Crippen LogP contribution in [-0.4, -0.2) is 40.5 Å². The van der Waals surface area contributed by atoms with Gasteiger partial charge < -0.3 is 23.0 Å². The Kier molecular flexibility index (Phi) is 8.29. The number of rotatable bonds is 10. The van der Waals surface area contributed by atoms with Gasteiger partial charge in [0.1, 0.15) is 46.1 Å². The highest BCUT2D eigenvalue weighted by atomic mass is 127. The Morgan fingerprint density at radius 1 is 1.18 bits per heavy atom. The topological polar surface area (TPSA) is 85.7 Å². The predicted molar refractivity (Wildman–Crippen MR) is 147 cm³/mol. The molecule has 2 unspecified atom stereocenters. The first kappa shape index (κ1) is 28.6. The van der Waals surface area contributed by atoms with Crippen LogP contribution >= 0.6 is 23.0 Å². The predicted octanol–water partition coefficient (Wildman–Crippen LogP) is 6.65. The third-order valence-electron chi connectivity index (χ3n) is 6.96. The number of fused-ring (bicyclic) bond motifs is 1. The van der Waals surface area contributed by atoms with Crippen molar-refractivity contribution in [3.05, 3.63) is 53.1 Å². The van der Waals surface area contributed by atoms with Gasteiger partial charge in [-0.15, -0.1) is 0 Å². The van der Waals surface area contributed by atoms with Gasteiger partial charge in [-0.05, 0) is 52.7 Å². The molecule has 1 fully saturated rings. The summed E-state index contributed by atoms with van der Waals surface area (Å²) in [6.45, 7) is 5.72. The number of aliphatic hydroxyl groups is 1. The van der Waals surface area contributed by atoms with Gasteiger partial charge in [0.25, 0.3) is 0 Å². The summed E-state index contributed by atoms with van der Waals surface area (Å²) in [5.74, 6) is -2.75. The summed E-state index contributed by atoms with van der Waals surface area (Å²) in [4.78, 5) is 9.00. The smallest absolute Gasteiger partial charge is 0.303 e. The summed E-state index contributed by atoms with van der Waals surface area (Å²) in [5.41, 5.74) is -2.72. The summed E-state index contributed by atoms with van der Waals surface area (Å²) in [5, 5.41) is 13.7. The van der Waals surface area contributed by atoms with Crippen LogP contribution in [0.5, 0.6) is 11.5 Å². The third kappa shape index (κ3) is 5.50. The summed E-state index contributed by atoms with van der Waals surface area (Å²) in [7, 11) is 1.54. The molecule has 1 aliphatic carbocycles. The van der Waals surface area contributed by atoms with Gasteiger partial charge in [-0.2, -0.15) is 8.78 Å². The SMILES string of the molecule is COc1cc2nc(C)nc(N[C@H](C)c3cccc(C(F)(F)C(C)(C)O)c3F)c2cc1OCC1CCC1OI. The fraction of sp³-hybridized carbons (Fsp3) is 0.481. The van der Waals surface area contributed by atoms with Crippen LogP contribution in [0.1, 0.15) is 56.6 Å². The van der Waals surface area contributed by atoms with Crippen LogP contribution in [0.3, 0.4) is 0 Å². The van der Waals surface area contributed by atoms with Crippen molar-refractivity contribution in [2.24, 2.45) is 5.92 Å². The third-order valence-corrected chi connectivity index (χ3v) is 7.62. The number of hydrogen-bond acceptors (Lipinski definition) is 7. The molecular weight excluding hydrogens is 614 g/mol. The number of nitrogens with zero attached hydrogens (tertiary/aromatic N) is 2. The van der Waals surface area contributed by atoms with E-state index < -0.39 is 28.9 Å². The minimum absolute atomic E-state index is 0.00986. The standard InChI is InChI=1S/C27H31F3IN3O4/c1-14(17-7-6-8-19(24(17)28)27(29,30)26(3,4)35)32-25-18-11-23(37-13-16-9-10-21(16)38-31)22(36-5)12-20(18)33-15(2)34-25/h6-8,11-12,14,16,21,35H,9-10,13H2,1-5H3,(H,32,33,34)/t14-,16?,21?/m1/s1. The zero-order valence-electron chi connectivity index (χ0n) is 21.8. The highest BCUT2D eigenvalue weighted by Gasteiger charge is 2.49. The molecule has 0 bridgehead atoms. The number of hydrogen-bond donors (Lipinski definition) is 2. The first-order valence-electron chi connectivity index (χ1n) is 12.3. The molecule has 2 N–H and O–H groups in total. The van der Waals surface area contributed by atoms with E-state index in [1.165, 1.54) is 12.1 Å². The van der Waals surface area contributed by atoms with Crippen molar-refractivity contribution >= 4 is 39.7 Å². The average Bonchev–Trinajstić information content (AvgIpc) is 2.82. The van der Waals surface area contributed by atoms with Gasteiger partial charge in [0.15, 0.2) is 11.5 Å². The second kappa shape index (κ2) is 11.0. The number of nitrogens with one attached hydrogen (secondary N) is 1. The van der Waals surface area contributed by atoms with E-state index in [1.807, 2.05) is 23.0 Å². The molecule has 0 spiro atoms. The normalized spacial score (nSPS) is 18.7. The molecule has 38 heavy (non-hydrogen) atoms. The molecule has 3 atom stereocenters. The molecule has 0 aliphatic heterocycles. The van der Waals surface area contributed by atoms with Crippen LogP contribution in [0.15, 0.2) is 30.3 Å². The molecule has 2 aromatic carbocycles. The lowest BCUT2D eigenvalue weighted by molar-refractivity contribution is -0.170. The van der Waals surface area contributed by atoms with Gasteiger partial charge in [0.05, 0.1) is 36.9 Å². The molecule has 206 valence electrons. The lowest BCUT2D eigenvalue weighted by Gasteiger charge is -2.34. The quantitative estimate of drug-likeness (QED) is 0.239. The van der Waals surface area contributed by atoms with E-state index in [4.69, 9.17) is 12.5 Å². The van der Waals surface area contributed by atoms with Crippen LogP contribution in [0.2, 0.25) is 0 Å². The molecule has 7 nitrogen and oxygen atoms in total. The molecule has 0 amide bonds. The van der Waals surface area contributed by atoms with Crippen LogP contribution in [0.25, 0.3) is 10.9 Å². The Balaban J connectivity index is 1.68. The number of alkyl halides is 2. The molecule has 1 saturated carbocycles. The van der Waals surface area contributed by atoms with Crippen LogP contribution in [0, 0.1) is 18.7 Å². The number of ether oxygens (including phenoxy) is 2. The number of aryl methyl sites for hydroxylation is 1. The van der Waals surface area contributed by atoms with E-state index in [1.54, 1.807) is 33.1 Å². The average molecular weight is 645 g/mol. The number of methoxy groups -OCH3 is 1. The molecule has 0 saturated heterocycles. The van der Waals surface area contributed by atoms with Crippen molar-refractivity contribution in [2.75, 3.05) is 19.0 Å². The summed E-state index contributed by atoms with van der Waals surface area (Å²) < 4.78 is 62.0. The van der Waals surface area contributed by atoms with Crippen LogP contribution < -0.4 is 14.8 Å². The lowest BCUT2D eigenvalue weighted by atomic mass is 9.83. The Bertz CT molecular complexity index is 1320. The van der Waals surface area contributed by atoms with Gasteiger partial charge in [0.2, 0.25) is 0 Å². The second-order valence-corrected chi connectivity index (χ2v) is 10.6. The van der Waals surface area contributed by atoms with E-state index in [0.29, 0.717) is 40.7 Å². The monoisotopic (exact) mass is 645 g/mol. The molecule has 0 radical (unpaired) electrons. The maximum atomic E-state index is 15.4. The van der Waals surface area contributed by atoms with Gasteiger partial charge in [-0.1, -0.05) is 12.1 Å². The minimum Gasteiger partial charge on any atom is -0.493 e.